The van der Waals surface area contributed by atoms with Gasteiger partial charge in [0.15, 0.2) is 0 Å². The van der Waals surface area contributed by atoms with Gasteiger partial charge in [0.2, 0.25) is 0 Å². The fraction of sp³-hybridized carbons (Fsp3) is 0.706. The molecule has 1 aromatic rings. The monoisotopic (exact) mass is 291 g/mol. The van der Waals surface area contributed by atoms with Gasteiger partial charge in [-0.1, -0.05) is 0 Å². The van der Waals surface area contributed by atoms with Gasteiger partial charge in [-0.05, 0) is 52.2 Å². The molecule has 1 unspecified atom stereocenters. The Morgan fingerprint density at radius 1 is 1.38 bits per heavy atom. The van der Waals surface area contributed by atoms with Crippen LogP contribution in [0.15, 0.2) is 18.3 Å². The number of pyridine rings is 1. The zero-order chi connectivity index (χ0) is 15.3. The third-order valence-electron chi connectivity index (χ3n) is 3.79. The minimum atomic E-state index is 0.111. The first-order valence-electron chi connectivity index (χ1n) is 7.97. The molecule has 2 rings (SSSR count). The smallest absolute Gasteiger partial charge is 0.0749 e. The van der Waals surface area contributed by atoms with Crippen LogP contribution >= 0.6 is 0 Å². The lowest BCUT2D eigenvalue weighted by atomic mass is 10.1. The molecule has 0 aromatic carbocycles. The highest BCUT2D eigenvalue weighted by atomic mass is 16.5. The number of nitrogens with one attached hydrogen (secondary N) is 1. The molecule has 1 N–H and O–H groups in total. The van der Waals surface area contributed by atoms with E-state index in [2.05, 4.69) is 55.2 Å². The third-order valence-corrected chi connectivity index (χ3v) is 3.79. The molecule has 2 heterocycles. The molecule has 0 saturated carbocycles. The topological polar surface area (TPSA) is 37.4 Å². The van der Waals surface area contributed by atoms with E-state index in [9.17, 15) is 0 Å². The molecule has 1 atom stereocenters. The average molecular weight is 291 g/mol. The molecule has 118 valence electrons. The van der Waals surface area contributed by atoms with E-state index in [1.54, 1.807) is 0 Å². The number of likely N-dealkylation sites (N-methyl/N-ethyl adjacent to an activating group) is 1. The van der Waals surface area contributed by atoms with Crippen LogP contribution in [0.4, 0.5) is 5.69 Å². The molecule has 1 fully saturated rings. The summed E-state index contributed by atoms with van der Waals surface area (Å²) in [6.07, 6.45) is 5.93. The van der Waals surface area contributed by atoms with Crippen LogP contribution in [0, 0.1) is 0 Å². The van der Waals surface area contributed by atoms with Crippen molar-refractivity contribution in [1.82, 2.24) is 10.3 Å². The summed E-state index contributed by atoms with van der Waals surface area (Å²) in [5.74, 6) is 0. The molecule has 0 bridgehead atoms. The Morgan fingerprint density at radius 2 is 2.19 bits per heavy atom. The quantitative estimate of drug-likeness (QED) is 0.905. The van der Waals surface area contributed by atoms with Crippen LogP contribution in [-0.4, -0.2) is 36.8 Å². The van der Waals surface area contributed by atoms with E-state index in [0.717, 1.165) is 25.4 Å². The van der Waals surface area contributed by atoms with Crippen LogP contribution in [0.25, 0.3) is 0 Å². The molecule has 1 saturated heterocycles. The second kappa shape index (κ2) is 7.23. The van der Waals surface area contributed by atoms with Gasteiger partial charge < -0.3 is 15.0 Å². The van der Waals surface area contributed by atoms with Crippen LogP contribution in [-0.2, 0) is 11.3 Å². The summed E-state index contributed by atoms with van der Waals surface area (Å²) in [5, 5.41) is 3.48. The van der Waals surface area contributed by atoms with Crippen LogP contribution in [0.3, 0.4) is 0 Å². The second-order valence-corrected chi connectivity index (χ2v) is 6.98. The van der Waals surface area contributed by atoms with Crippen molar-refractivity contribution >= 4 is 5.69 Å². The highest BCUT2D eigenvalue weighted by Crippen LogP contribution is 2.18. The molecule has 0 spiro atoms. The minimum absolute atomic E-state index is 0.111. The van der Waals surface area contributed by atoms with Gasteiger partial charge in [0, 0.05) is 44.2 Å². The third kappa shape index (κ3) is 5.64. The van der Waals surface area contributed by atoms with Gasteiger partial charge in [0.25, 0.3) is 0 Å². The van der Waals surface area contributed by atoms with E-state index in [1.165, 1.54) is 24.9 Å². The van der Waals surface area contributed by atoms with Gasteiger partial charge in [0.1, 0.15) is 0 Å². The van der Waals surface area contributed by atoms with Gasteiger partial charge in [-0.2, -0.15) is 0 Å². The Balaban J connectivity index is 1.92. The Kier molecular flexibility index (Phi) is 5.59. The maximum atomic E-state index is 5.82. The van der Waals surface area contributed by atoms with Crippen LogP contribution in [0.2, 0.25) is 0 Å². The Morgan fingerprint density at radius 3 is 2.86 bits per heavy atom. The van der Waals surface area contributed by atoms with Gasteiger partial charge in [0.05, 0.1) is 11.8 Å². The molecule has 0 amide bonds. The summed E-state index contributed by atoms with van der Waals surface area (Å²) in [6.45, 7) is 9.17. The van der Waals surface area contributed by atoms with Crippen molar-refractivity contribution in [2.24, 2.45) is 0 Å². The zero-order valence-electron chi connectivity index (χ0n) is 13.9. The van der Waals surface area contributed by atoms with Crippen molar-refractivity contribution in [3.63, 3.8) is 0 Å². The van der Waals surface area contributed by atoms with Gasteiger partial charge in [-0.15, -0.1) is 0 Å². The summed E-state index contributed by atoms with van der Waals surface area (Å²) >= 11 is 0. The standard InChI is InChI=1S/C17H29N3O/c1-17(2,3)19-12-14-11-15(8-9-18-14)20(4)13-16-7-5-6-10-21-16/h8-9,11,16,19H,5-7,10,12-13H2,1-4H3. The molecule has 1 aliphatic rings. The summed E-state index contributed by atoms with van der Waals surface area (Å²) in [4.78, 5) is 6.73. The summed E-state index contributed by atoms with van der Waals surface area (Å²) in [7, 11) is 2.13. The zero-order valence-corrected chi connectivity index (χ0v) is 13.9. The lowest BCUT2D eigenvalue weighted by Gasteiger charge is -2.29. The van der Waals surface area contributed by atoms with Crippen LogP contribution < -0.4 is 10.2 Å². The highest BCUT2D eigenvalue weighted by Gasteiger charge is 2.16. The van der Waals surface area contributed by atoms with Crippen molar-refractivity contribution in [3.05, 3.63) is 24.0 Å². The maximum Gasteiger partial charge on any atom is 0.0749 e. The SMILES string of the molecule is CN(CC1CCCCO1)c1ccnc(CNC(C)(C)C)c1. The molecule has 1 aliphatic heterocycles. The predicted octanol–water partition coefficient (Wildman–Crippen LogP) is 2.98. The predicted molar refractivity (Wildman–Crippen MR) is 87.7 cm³/mol. The van der Waals surface area contributed by atoms with Gasteiger partial charge in [-0.25, -0.2) is 0 Å². The van der Waals surface area contributed by atoms with Crippen molar-refractivity contribution in [2.45, 2.75) is 58.2 Å². The minimum Gasteiger partial charge on any atom is -0.376 e. The van der Waals surface area contributed by atoms with E-state index >= 15 is 0 Å². The van der Waals surface area contributed by atoms with Crippen molar-refractivity contribution in [1.29, 1.82) is 0 Å². The molecule has 4 nitrogen and oxygen atoms in total. The van der Waals surface area contributed by atoms with E-state index < -0.39 is 0 Å². The van der Waals surface area contributed by atoms with E-state index in [4.69, 9.17) is 4.74 Å². The highest BCUT2D eigenvalue weighted by molar-refractivity contribution is 5.45. The van der Waals surface area contributed by atoms with Crippen molar-refractivity contribution < 1.29 is 4.74 Å². The normalized spacial score (nSPS) is 19.5. The van der Waals surface area contributed by atoms with E-state index in [-0.39, 0.29) is 5.54 Å². The molecule has 4 heteroatoms. The number of rotatable bonds is 5. The number of ether oxygens (including phenoxy) is 1. The first-order chi connectivity index (χ1) is 9.94. The molecule has 21 heavy (non-hydrogen) atoms. The maximum absolute atomic E-state index is 5.82. The summed E-state index contributed by atoms with van der Waals surface area (Å²) < 4.78 is 5.82. The molecular weight excluding hydrogens is 262 g/mol. The van der Waals surface area contributed by atoms with Crippen molar-refractivity contribution in [2.75, 3.05) is 25.1 Å². The Hall–Kier alpha value is -1.13. The summed E-state index contributed by atoms with van der Waals surface area (Å²) in [6, 6.07) is 4.24. The fourth-order valence-electron chi connectivity index (χ4n) is 2.52. The van der Waals surface area contributed by atoms with Gasteiger partial charge in [-0.3, -0.25) is 4.98 Å². The average Bonchev–Trinajstić information content (AvgIpc) is 2.46. The first kappa shape index (κ1) is 16.2. The second-order valence-electron chi connectivity index (χ2n) is 6.98. The first-order valence-corrected chi connectivity index (χ1v) is 7.97. The van der Waals surface area contributed by atoms with Crippen LogP contribution in [0.1, 0.15) is 45.7 Å². The number of hydrogen-bond acceptors (Lipinski definition) is 4. The number of hydrogen-bond donors (Lipinski definition) is 1. The van der Waals surface area contributed by atoms with E-state index in [1.807, 2.05) is 6.20 Å². The van der Waals surface area contributed by atoms with Gasteiger partial charge >= 0.3 is 0 Å². The Bertz CT molecular complexity index is 436. The largest absolute Gasteiger partial charge is 0.376 e. The Labute approximate surface area is 128 Å². The van der Waals surface area contributed by atoms with E-state index in [0.29, 0.717) is 6.10 Å². The molecule has 1 aromatic heterocycles. The number of nitrogens with zero attached hydrogens (tertiary/aromatic N) is 2. The molecular formula is C17H29N3O. The van der Waals surface area contributed by atoms with Crippen LogP contribution in [0.5, 0.6) is 0 Å². The lowest BCUT2D eigenvalue weighted by Crippen LogP contribution is -2.35. The van der Waals surface area contributed by atoms with Crippen molar-refractivity contribution in [3.8, 4) is 0 Å². The molecule has 0 aliphatic carbocycles. The lowest BCUT2D eigenvalue weighted by molar-refractivity contribution is 0.0216. The molecule has 0 radical (unpaired) electrons. The fourth-order valence-corrected chi connectivity index (χ4v) is 2.52. The number of anilines is 1. The summed E-state index contributed by atoms with van der Waals surface area (Å²) in [5.41, 5.74) is 2.41. The number of aromatic nitrogens is 1.